The lowest BCUT2D eigenvalue weighted by molar-refractivity contribution is -0.0491. The Morgan fingerprint density at radius 3 is 2.66 bits per heavy atom. The fraction of sp³-hybridized carbons (Fsp3) is 0.571. The lowest BCUT2D eigenvalue weighted by Crippen LogP contribution is -2.48. The molecule has 0 saturated carbocycles. The highest BCUT2D eigenvalue weighted by molar-refractivity contribution is 5.93. The molecule has 29 heavy (non-hydrogen) atoms. The molecule has 0 spiro atoms. The Morgan fingerprint density at radius 2 is 1.93 bits per heavy atom. The monoisotopic (exact) mass is 419 g/mol. The summed E-state index contributed by atoms with van der Waals surface area (Å²) < 4.78 is 8.00. The zero-order valence-electron chi connectivity index (χ0n) is 17.3. The Balaban J connectivity index is 0.00000240. The van der Waals surface area contributed by atoms with Crippen LogP contribution in [0.2, 0.25) is 0 Å². The predicted molar refractivity (Wildman–Crippen MR) is 114 cm³/mol. The number of rotatable bonds is 3. The molecule has 1 aromatic carbocycles. The summed E-state index contributed by atoms with van der Waals surface area (Å²) in [5, 5.41) is 12.0. The van der Waals surface area contributed by atoms with Crippen LogP contribution in [0.4, 0.5) is 0 Å². The second-order valence-electron chi connectivity index (χ2n) is 7.93. The number of nitrogens with zero attached hydrogens (tertiary/aromatic N) is 4. The molecule has 8 heteroatoms. The summed E-state index contributed by atoms with van der Waals surface area (Å²) in [6.45, 7) is 9.07. The molecule has 3 heterocycles. The molecule has 2 aromatic rings. The Labute approximate surface area is 178 Å². The van der Waals surface area contributed by atoms with Gasteiger partial charge in [0.05, 0.1) is 30.9 Å². The van der Waals surface area contributed by atoms with Crippen LogP contribution >= 0.6 is 12.4 Å². The third-order valence-corrected chi connectivity index (χ3v) is 6.01. The minimum absolute atomic E-state index is 0. The van der Waals surface area contributed by atoms with E-state index in [0.29, 0.717) is 24.9 Å². The number of benzene rings is 1. The van der Waals surface area contributed by atoms with Crippen LogP contribution in [0.3, 0.4) is 0 Å². The first-order valence-electron chi connectivity index (χ1n) is 10.2. The first-order chi connectivity index (χ1) is 13.6. The van der Waals surface area contributed by atoms with Gasteiger partial charge in [-0.25, -0.2) is 4.68 Å². The Hall–Kier alpha value is -1.96. The van der Waals surface area contributed by atoms with Crippen molar-refractivity contribution in [1.82, 2.24) is 25.2 Å². The molecule has 0 bridgehead atoms. The van der Waals surface area contributed by atoms with Gasteiger partial charge in [-0.3, -0.25) is 4.79 Å². The zero-order valence-corrected chi connectivity index (χ0v) is 18.1. The number of halogens is 1. The summed E-state index contributed by atoms with van der Waals surface area (Å²) in [5.74, 6) is -0.0490. The van der Waals surface area contributed by atoms with Gasteiger partial charge in [-0.15, -0.1) is 17.5 Å². The smallest absolute Gasteiger partial charge is 0.276 e. The van der Waals surface area contributed by atoms with E-state index >= 15 is 0 Å². The lowest BCUT2D eigenvalue weighted by Gasteiger charge is -2.38. The fourth-order valence-corrected chi connectivity index (χ4v) is 4.25. The van der Waals surface area contributed by atoms with Crippen molar-refractivity contribution in [1.29, 1.82) is 0 Å². The highest BCUT2D eigenvalue weighted by Crippen LogP contribution is 2.29. The third kappa shape index (κ3) is 4.32. The standard InChI is InChI=1S/C21H29N5O2.ClH/c1-14-6-4-5-7-18(14)19-12-25(15(2)13-28-19)21(27)20-16(3)26(24-23-20)17-8-10-22-11-9-17;/h4-7,15,17,19,22H,8-13H2,1-3H3;1H. The topological polar surface area (TPSA) is 72.3 Å². The maximum atomic E-state index is 13.3. The summed E-state index contributed by atoms with van der Waals surface area (Å²) >= 11 is 0. The summed E-state index contributed by atoms with van der Waals surface area (Å²) in [4.78, 5) is 15.2. The fourth-order valence-electron chi connectivity index (χ4n) is 4.25. The van der Waals surface area contributed by atoms with Crippen LogP contribution in [0.15, 0.2) is 24.3 Å². The number of aryl methyl sites for hydroxylation is 1. The maximum Gasteiger partial charge on any atom is 0.276 e. The van der Waals surface area contributed by atoms with E-state index in [-0.39, 0.29) is 30.5 Å². The number of morpholine rings is 1. The van der Waals surface area contributed by atoms with Gasteiger partial charge in [0, 0.05) is 0 Å². The first kappa shape index (κ1) is 21.7. The van der Waals surface area contributed by atoms with Gasteiger partial charge in [0.2, 0.25) is 0 Å². The number of nitrogens with one attached hydrogen (secondary N) is 1. The van der Waals surface area contributed by atoms with Crippen LogP contribution in [-0.4, -0.2) is 58.1 Å². The van der Waals surface area contributed by atoms with Crippen molar-refractivity contribution < 1.29 is 9.53 Å². The molecule has 0 aliphatic carbocycles. The van der Waals surface area contributed by atoms with E-state index in [0.717, 1.165) is 37.2 Å². The number of piperidine rings is 1. The number of ether oxygens (including phenoxy) is 1. The first-order valence-corrected chi connectivity index (χ1v) is 10.2. The van der Waals surface area contributed by atoms with Crippen LogP contribution in [0.25, 0.3) is 0 Å². The van der Waals surface area contributed by atoms with Crippen molar-refractivity contribution in [3.05, 3.63) is 46.8 Å². The van der Waals surface area contributed by atoms with Crippen molar-refractivity contribution in [2.24, 2.45) is 0 Å². The summed E-state index contributed by atoms with van der Waals surface area (Å²) in [5.41, 5.74) is 3.66. The molecule has 1 aromatic heterocycles. The van der Waals surface area contributed by atoms with Gasteiger partial charge in [0.1, 0.15) is 6.10 Å². The zero-order chi connectivity index (χ0) is 19.7. The number of amides is 1. The molecule has 7 nitrogen and oxygen atoms in total. The van der Waals surface area contributed by atoms with Gasteiger partial charge in [-0.2, -0.15) is 0 Å². The number of aromatic nitrogens is 3. The highest BCUT2D eigenvalue weighted by atomic mass is 35.5. The Kier molecular flexibility index (Phi) is 6.93. The SMILES string of the molecule is Cc1ccccc1C1CN(C(=O)c2nnn(C3CCNCC3)c2C)C(C)CO1.Cl. The molecular weight excluding hydrogens is 390 g/mol. The summed E-state index contributed by atoms with van der Waals surface area (Å²) in [6.07, 6.45) is 1.92. The van der Waals surface area contributed by atoms with E-state index in [9.17, 15) is 4.79 Å². The molecule has 2 unspecified atom stereocenters. The molecule has 2 aliphatic heterocycles. The molecular formula is C21H30ClN5O2. The molecule has 2 fully saturated rings. The number of hydrogen-bond donors (Lipinski definition) is 1. The largest absolute Gasteiger partial charge is 0.370 e. The van der Waals surface area contributed by atoms with Crippen LogP contribution in [-0.2, 0) is 4.74 Å². The van der Waals surface area contributed by atoms with Crippen LogP contribution in [0.1, 0.15) is 59.2 Å². The number of carbonyl (C=O) groups is 1. The number of carbonyl (C=O) groups excluding carboxylic acids is 1. The second kappa shape index (κ2) is 9.24. The van der Waals surface area contributed by atoms with Crippen LogP contribution in [0.5, 0.6) is 0 Å². The molecule has 4 rings (SSSR count). The predicted octanol–water partition coefficient (Wildman–Crippen LogP) is 2.84. The van der Waals surface area contributed by atoms with Crippen LogP contribution in [0, 0.1) is 13.8 Å². The van der Waals surface area contributed by atoms with Gasteiger partial charge in [-0.05, 0) is 57.8 Å². The van der Waals surface area contributed by atoms with Gasteiger partial charge < -0.3 is 15.0 Å². The van der Waals surface area contributed by atoms with Gasteiger partial charge in [-0.1, -0.05) is 29.5 Å². The molecule has 2 saturated heterocycles. The minimum Gasteiger partial charge on any atom is -0.370 e. The molecule has 2 aliphatic rings. The van der Waals surface area contributed by atoms with E-state index in [1.54, 1.807) is 0 Å². The van der Waals surface area contributed by atoms with Crippen molar-refractivity contribution in [2.45, 2.75) is 51.8 Å². The van der Waals surface area contributed by atoms with Gasteiger partial charge in [0.15, 0.2) is 5.69 Å². The van der Waals surface area contributed by atoms with Crippen molar-refractivity contribution in [3.63, 3.8) is 0 Å². The molecule has 1 amide bonds. The Morgan fingerprint density at radius 1 is 1.21 bits per heavy atom. The normalized spacial score (nSPS) is 22.9. The average molecular weight is 420 g/mol. The van der Waals surface area contributed by atoms with Gasteiger partial charge in [0.25, 0.3) is 5.91 Å². The van der Waals surface area contributed by atoms with E-state index in [1.165, 1.54) is 5.56 Å². The van der Waals surface area contributed by atoms with Crippen molar-refractivity contribution in [2.75, 3.05) is 26.2 Å². The van der Waals surface area contributed by atoms with Crippen molar-refractivity contribution >= 4 is 18.3 Å². The average Bonchev–Trinajstić information content (AvgIpc) is 3.10. The second-order valence-corrected chi connectivity index (χ2v) is 7.93. The van der Waals surface area contributed by atoms with E-state index in [1.807, 2.05) is 35.6 Å². The molecule has 158 valence electrons. The maximum absolute atomic E-state index is 13.3. The number of hydrogen-bond acceptors (Lipinski definition) is 5. The summed E-state index contributed by atoms with van der Waals surface area (Å²) in [7, 11) is 0. The minimum atomic E-state index is -0.110. The van der Waals surface area contributed by atoms with E-state index < -0.39 is 0 Å². The third-order valence-electron chi connectivity index (χ3n) is 6.01. The van der Waals surface area contributed by atoms with E-state index in [2.05, 4.69) is 34.7 Å². The highest BCUT2D eigenvalue weighted by Gasteiger charge is 2.34. The van der Waals surface area contributed by atoms with Crippen molar-refractivity contribution in [3.8, 4) is 0 Å². The van der Waals surface area contributed by atoms with E-state index in [4.69, 9.17) is 4.74 Å². The Bertz CT molecular complexity index is 849. The molecule has 0 radical (unpaired) electrons. The lowest BCUT2D eigenvalue weighted by atomic mass is 10.0. The van der Waals surface area contributed by atoms with Crippen LogP contribution < -0.4 is 5.32 Å². The molecule has 2 atom stereocenters. The molecule has 1 N–H and O–H groups in total. The quantitative estimate of drug-likeness (QED) is 0.828. The van der Waals surface area contributed by atoms with Gasteiger partial charge >= 0.3 is 0 Å². The summed E-state index contributed by atoms with van der Waals surface area (Å²) in [6, 6.07) is 8.53.